The van der Waals surface area contributed by atoms with Gasteiger partial charge in [-0.1, -0.05) is 0 Å². The minimum absolute atomic E-state index is 0. The van der Waals surface area contributed by atoms with Crippen LogP contribution in [0.15, 0.2) is 11.2 Å². The average Bonchev–Trinajstić information content (AvgIpc) is 2.34. The predicted octanol–water partition coefficient (Wildman–Crippen LogP) is -1.90. The first-order valence-electron chi connectivity index (χ1n) is 3.78. The molecule has 0 aliphatic carbocycles. The van der Waals surface area contributed by atoms with Gasteiger partial charge in [0.05, 0.1) is 0 Å². The van der Waals surface area contributed by atoms with E-state index in [0.29, 0.717) is 0 Å². The van der Waals surface area contributed by atoms with Crippen LogP contribution in [-0.4, -0.2) is 10.7 Å². The molecule has 0 atom stereocenters. The van der Waals surface area contributed by atoms with E-state index in [4.69, 9.17) is 0 Å². The number of fused-ring (bicyclic) bond motifs is 1. The number of aromatic nitrogens is 2. The molecule has 0 saturated carbocycles. The maximum Gasteiger partial charge on any atom is 0.359 e. The molecule has 0 radical (unpaired) electrons. The Morgan fingerprint density at radius 2 is 2.25 bits per heavy atom. The molecule has 0 bridgehead atoms. The van der Waals surface area contributed by atoms with E-state index in [9.17, 15) is 0 Å². The van der Waals surface area contributed by atoms with Crippen molar-refractivity contribution in [1.29, 1.82) is 0 Å². The van der Waals surface area contributed by atoms with Gasteiger partial charge in [0, 0.05) is 18.7 Å². The van der Waals surface area contributed by atoms with Gasteiger partial charge in [0.25, 0.3) is 0 Å². The van der Waals surface area contributed by atoms with E-state index < -0.39 is 0 Å². The smallest absolute Gasteiger partial charge is 0.359 e. The minimum Gasteiger partial charge on any atom is -1.00 e. The number of thioether (sulfide) groups is 1. The Balaban J connectivity index is 0.000000720. The van der Waals surface area contributed by atoms with Gasteiger partial charge in [-0.3, -0.25) is 0 Å². The quantitative estimate of drug-likeness (QED) is 0.393. The third kappa shape index (κ3) is 1.64. The van der Waals surface area contributed by atoms with Crippen molar-refractivity contribution in [1.82, 2.24) is 4.98 Å². The fourth-order valence-corrected chi connectivity index (χ4v) is 2.44. The maximum atomic E-state index is 4.44. The van der Waals surface area contributed by atoms with Crippen LogP contribution in [0.25, 0.3) is 0 Å². The second kappa shape index (κ2) is 3.75. The van der Waals surface area contributed by atoms with Crippen LogP contribution in [0.1, 0.15) is 11.4 Å². The molecule has 1 aromatic heterocycles. The summed E-state index contributed by atoms with van der Waals surface area (Å²) in [6, 6.07) is 2.13. The molecule has 2 nitrogen and oxygen atoms in total. The van der Waals surface area contributed by atoms with Gasteiger partial charge < -0.3 is 17.0 Å². The monoisotopic (exact) mass is 246 g/mol. The van der Waals surface area contributed by atoms with E-state index in [1.54, 1.807) is 0 Å². The number of rotatable bonds is 0. The van der Waals surface area contributed by atoms with Crippen molar-refractivity contribution >= 4 is 11.8 Å². The Morgan fingerprint density at radius 3 is 3.00 bits per heavy atom. The molecule has 0 amide bonds. The Kier molecular flexibility index (Phi) is 3.12. The van der Waals surface area contributed by atoms with Gasteiger partial charge >= 0.3 is 5.16 Å². The van der Waals surface area contributed by atoms with Crippen LogP contribution in [0.4, 0.5) is 0 Å². The summed E-state index contributed by atoms with van der Waals surface area (Å²) < 4.78 is 2.28. The topological polar surface area (TPSA) is 16.8 Å². The van der Waals surface area contributed by atoms with Crippen molar-refractivity contribution in [2.45, 2.75) is 25.5 Å². The molecule has 2 heterocycles. The summed E-state index contributed by atoms with van der Waals surface area (Å²) in [6.07, 6.45) is 0. The highest BCUT2D eigenvalue weighted by Crippen LogP contribution is 2.17. The standard InChI is InChI=1S/C8H11N2S.BrH/c1-6-5-7(2)10-3-4-11-8(10)9-6;/h5H,3-4H2,1-2H3;1H/q+1;/p-1. The summed E-state index contributed by atoms with van der Waals surface area (Å²) in [6.45, 7) is 5.32. The predicted molar refractivity (Wildman–Crippen MR) is 44.6 cm³/mol. The number of halogens is 1. The molecular weight excluding hydrogens is 236 g/mol. The van der Waals surface area contributed by atoms with Crippen LogP contribution >= 0.6 is 11.8 Å². The largest absolute Gasteiger partial charge is 1.00 e. The van der Waals surface area contributed by atoms with Crippen molar-refractivity contribution in [2.75, 3.05) is 5.75 Å². The lowest BCUT2D eigenvalue weighted by Crippen LogP contribution is -3.00. The molecule has 0 fully saturated rings. The van der Waals surface area contributed by atoms with E-state index >= 15 is 0 Å². The summed E-state index contributed by atoms with van der Waals surface area (Å²) in [7, 11) is 0. The Bertz CT molecular complexity index is 301. The zero-order valence-corrected chi connectivity index (χ0v) is 9.57. The van der Waals surface area contributed by atoms with Crippen LogP contribution < -0.4 is 21.5 Å². The molecule has 66 valence electrons. The highest BCUT2D eigenvalue weighted by Gasteiger charge is 2.22. The molecule has 2 rings (SSSR count). The van der Waals surface area contributed by atoms with E-state index in [1.165, 1.54) is 16.6 Å². The number of nitrogens with zero attached hydrogens (tertiary/aromatic N) is 2. The van der Waals surface area contributed by atoms with Crippen molar-refractivity contribution in [3.63, 3.8) is 0 Å². The fraction of sp³-hybridized carbons (Fsp3) is 0.500. The molecule has 0 saturated heterocycles. The second-order valence-corrected chi connectivity index (χ2v) is 3.88. The van der Waals surface area contributed by atoms with Crippen LogP contribution in [0.3, 0.4) is 0 Å². The fourth-order valence-electron chi connectivity index (χ4n) is 1.38. The number of hydrogen-bond donors (Lipinski definition) is 0. The van der Waals surface area contributed by atoms with Crippen molar-refractivity contribution in [3.05, 3.63) is 17.5 Å². The average molecular weight is 247 g/mol. The van der Waals surface area contributed by atoms with Gasteiger partial charge in [-0.15, -0.1) is 0 Å². The first kappa shape index (κ1) is 9.99. The van der Waals surface area contributed by atoms with Crippen molar-refractivity contribution in [3.8, 4) is 0 Å². The third-order valence-electron chi connectivity index (χ3n) is 1.89. The Hall–Kier alpha value is -0.0900. The van der Waals surface area contributed by atoms with Crippen LogP contribution in [0.5, 0.6) is 0 Å². The van der Waals surface area contributed by atoms with Gasteiger partial charge in [-0.05, 0) is 23.7 Å². The summed E-state index contributed by atoms with van der Waals surface area (Å²) >= 11 is 1.85. The highest BCUT2D eigenvalue weighted by molar-refractivity contribution is 7.99. The van der Waals surface area contributed by atoms with E-state index in [0.717, 1.165) is 12.2 Å². The van der Waals surface area contributed by atoms with E-state index in [1.807, 2.05) is 18.7 Å². The van der Waals surface area contributed by atoms with Crippen LogP contribution in [0.2, 0.25) is 0 Å². The highest BCUT2D eigenvalue weighted by atomic mass is 79.9. The molecule has 0 N–H and O–H groups in total. The van der Waals surface area contributed by atoms with Crippen molar-refractivity contribution < 1.29 is 21.5 Å². The maximum absolute atomic E-state index is 4.44. The molecule has 0 spiro atoms. The minimum atomic E-state index is 0. The molecular formula is C8H11BrN2S. The van der Waals surface area contributed by atoms with Gasteiger partial charge in [0.15, 0.2) is 5.69 Å². The van der Waals surface area contributed by atoms with Gasteiger partial charge in [-0.2, -0.15) is 0 Å². The zero-order valence-electron chi connectivity index (χ0n) is 7.17. The normalized spacial score (nSPS) is 13.8. The summed E-state index contributed by atoms with van der Waals surface area (Å²) in [5.41, 5.74) is 2.46. The van der Waals surface area contributed by atoms with Gasteiger partial charge in [0.2, 0.25) is 0 Å². The van der Waals surface area contributed by atoms with Crippen LogP contribution in [0, 0.1) is 13.8 Å². The lowest BCUT2D eigenvalue weighted by Gasteiger charge is -1.96. The molecule has 1 aliphatic heterocycles. The molecule has 0 aromatic carbocycles. The number of hydrogen-bond acceptors (Lipinski definition) is 2. The molecule has 4 heteroatoms. The lowest BCUT2D eigenvalue weighted by molar-refractivity contribution is -0.733. The van der Waals surface area contributed by atoms with Crippen LogP contribution in [-0.2, 0) is 6.54 Å². The Morgan fingerprint density at radius 1 is 1.50 bits per heavy atom. The van der Waals surface area contributed by atoms with Gasteiger partial charge in [0.1, 0.15) is 12.2 Å². The summed E-state index contributed by atoms with van der Waals surface area (Å²) in [4.78, 5) is 4.44. The summed E-state index contributed by atoms with van der Waals surface area (Å²) in [5.74, 6) is 1.18. The van der Waals surface area contributed by atoms with E-state index in [2.05, 4.69) is 22.5 Å². The second-order valence-electron chi connectivity index (χ2n) is 2.82. The first-order valence-corrected chi connectivity index (χ1v) is 4.77. The molecule has 1 aliphatic rings. The lowest BCUT2D eigenvalue weighted by atomic mass is 10.3. The summed E-state index contributed by atoms with van der Waals surface area (Å²) in [5, 5.41) is 1.18. The van der Waals surface area contributed by atoms with Gasteiger partial charge in [-0.25, -0.2) is 4.57 Å². The number of aryl methyl sites for hydroxylation is 2. The SMILES string of the molecule is Cc1cc(C)[n+]2c(n1)SCC2.[Br-]. The zero-order chi connectivity index (χ0) is 7.84. The molecule has 12 heavy (non-hydrogen) atoms. The first-order chi connectivity index (χ1) is 5.27. The van der Waals surface area contributed by atoms with Crippen molar-refractivity contribution in [2.24, 2.45) is 0 Å². The molecule has 1 aromatic rings. The third-order valence-corrected chi connectivity index (χ3v) is 2.85. The molecule has 0 unspecified atom stereocenters. The van der Waals surface area contributed by atoms with E-state index in [-0.39, 0.29) is 17.0 Å². The Labute approximate surface area is 87.2 Å².